The number of nitrogens with zero attached hydrogens (tertiary/aromatic N) is 1. The van der Waals surface area contributed by atoms with Crippen LogP contribution < -0.4 is 4.74 Å². The van der Waals surface area contributed by atoms with Crippen LogP contribution in [0.3, 0.4) is 0 Å². The molecule has 0 aliphatic rings. The fraction of sp³-hybridized carbons (Fsp3) is 0.200. The normalized spacial score (nSPS) is 11.8. The molecule has 0 bridgehead atoms. The van der Waals surface area contributed by atoms with Crippen LogP contribution in [0.4, 0.5) is 0 Å². The molecule has 0 aliphatic heterocycles. The SMILES string of the molecule is COC(=O)/C(=C\Cl)Oc1cc(/C(C)=N/OCc2ccccc2)ccc1C. The Hall–Kier alpha value is -2.79. The second-order valence-electron chi connectivity index (χ2n) is 5.48. The van der Waals surface area contributed by atoms with Crippen LogP contribution in [0, 0.1) is 6.92 Å². The fourth-order valence-corrected chi connectivity index (χ4v) is 2.23. The Kier molecular flexibility index (Phi) is 7.24. The zero-order valence-corrected chi connectivity index (χ0v) is 15.6. The second kappa shape index (κ2) is 9.63. The van der Waals surface area contributed by atoms with E-state index in [2.05, 4.69) is 9.89 Å². The Balaban J connectivity index is 2.12. The third-order valence-corrected chi connectivity index (χ3v) is 3.79. The van der Waals surface area contributed by atoms with Crippen molar-refractivity contribution in [3.05, 3.63) is 76.5 Å². The Morgan fingerprint density at radius 3 is 2.58 bits per heavy atom. The van der Waals surface area contributed by atoms with Crippen molar-refractivity contribution in [2.45, 2.75) is 20.5 Å². The minimum Gasteiger partial charge on any atom is -0.463 e. The predicted molar refractivity (Wildman–Crippen MR) is 101 cm³/mol. The van der Waals surface area contributed by atoms with E-state index in [9.17, 15) is 4.79 Å². The summed E-state index contributed by atoms with van der Waals surface area (Å²) in [5.41, 5.74) is 4.40. The number of carbonyl (C=O) groups excluding carboxylic acids is 1. The van der Waals surface area contributed by atoms with Gasteiger partial charge in [-0.15, -0.1) is 0 Å². The quantitative estimate of drug-likeness (QED) is 0.234. The maximum Gasteiger partial charge on any atom is 0.374 e. The number of benzene rings is 2. The van der Waals surface area contributed by atoms with Crippen LogP contribution in [-0.2, 0) is 21.0 Å². The van der Waals surface area contributed by atoms with Crippen LogP contribution in [0.2, 0.25) is 0 Å². The van der Waals surface area contributed by atoms with E-state index in [1.54, 1.807) is 6.07 Å². The molecule has 2 rings (SSSR count). The Morgan fingerprint density at radius 1 is 1.19 bits per heavy atom. The highest BCUT2D eigenvalue weighted by atomic mass is 35.5. The third kappa shape index (κ3) is 5.36. The van der Waals surface area contributed by atoms with E-state index >= 15 is 0 Å². The van der Waals surface area contributed by atoms with Crippen molar-refractivity contribution in [2.24, 2.45) is 5.16 Å². The van der Waals surface area contributed by atoms with E-state index in [0.29, 0.717) is 18.1 Å². The molecule has 0 spiro atoms. The summed E-state index contributed by atoms with van der Waals surface area (Å²) in [5.74, 6) is -0.261. The van der Waals surface area contributed by atoms with Gasteiger partial charge in [0.1, 0.15) is 12.4 Å². The summed E-state index contributed by atoms with van der Waals surface area (Å²) in [6, 6.07) is 15.3. The molecule has 0 heterocycles. The van der Waals surface area contributed by atoms with Gasteiger partial charge in [-0.05, 0) is 31.0 Å². The van der Waals surface area contributed by atoms with Gasteiger partial charge < -0.3 is 14.3 Å². The first-order valence-corrected chi connectivity index (χ1v) is 8.37. The molecule has 5 nitrogen and oxygen atoms in total. The van der Waals surface area contributed by atoms with Crippen molar-refractivity contribution >= 4 is 23.3 Å². The summed E-state index contributed by atoms with van der Waals surface area (Å²) >= 11 is 5.64. The molecule has 2 aromatic carbocycles. The number of hydrogen-bond donors (Lipinski definition) is 0. The number of oxime groups is 1. The standard InChI is InChI=1S/C20H20ClNO4/c1-14-9-10-17(11-18(14)26-19(12-21)20(23)24-3)15(2)22-25-13-16-7-5-4-6-8-16/h4-12H,13H2,1-3H3/b19-12+,22-15+. The number of esters is 1. The van der Waals surface area contributed by atoms with E-state index in [-0.39, 0.29) is 5.76 Å². The van der Waals surface area contributed by atoms with Crippen molar-refractivity contribution in [3.8, 4) is 5.75 Å². The van der Waals surface area contributed by atoms with Crippen LogP contribution in [0.1, 0.15) is 23.6 Å². The zero-order valence-electron chi connectivity index (χ0n) is 14.9. The first kappa shape index (κ1) is 19.5. The van der Waals surface area contributed by atoms with Gasteiger partial charge >= 0.3 is 5.97 Å². The zero-order chi connectivity index (χ0) is 18.9. The summed E-state index contributed by atoms with van der Waals surface area (Å²) in [4.78, 5) is 17.0. The van der Waals surface area contributed by atoms with Crippen molar-refractivity contribution in [3.63, 3.8) is 0 Å². The molecule has 0 N–H and O–H groups in total. The lowest BCUT2D eigenvalue weighted by molar-refractivity contribution is -0.138. The van der Waals surface area contributed by atoms with E-state index < -0.39 is 5.97 Å². The number of methoxy groups -OCH3 is 1. The van der Waals surface area contributed by atoms with Crippen LogP contribution in [-0.4, -0.2) is 18.8 Å². The molecule has 6 heteroatoms. The maximum absolute atomic E-state index is 11.6. The number of ether oxygens (including phenoxy) is 2. The molecule has 136 valence electrons. The molecular formula is C20H20ClNO4. The Bertz CT molecular complexity index is 816. The molecule has 2 aromatic rings. The van der Waals surface area contributed by atoms with Crippen LogP contribution >= 0.6 is 11.6 Å². The summed E-state index contributed by atoms with van der Waals surface area (Å²) in [5, 5.41) is 4.14. The molecular weight excluding hydrogens is 354 g/mol. The van der Waals surface area contributed by atoms with Gasteiger partial charge in [-0.2, -0.15) is 0 Å². The number of carbonyl (C=O) groups is 1. The predicted octanol–water partition coefficient (Wildman–Crippen LogP) is 4.57. The number of hydrogen-bond acceptors (Lipinski definition) is 5. The van der Waals surface area contributed by atoms with E-state index in [4.69, 9.17) is 21.2 Å². The van der Waals surface area contributed by atoms with Crippen LogP contribution in [0.15, 0.2) is 65.0 Å². The lowest BCUT2D eigenvalue weighted by Crippen LogP contribution is -2.11. The van der Waals surface area contributed by atoms with Crippen LogP contribution in [0.25, 0.3) is 0 Å². The number of halogens is 1. The highest BCUT2D eigenvalue weighted by molar-refractivity contribution is 6.27. The first-order valence-electron chi connectivity index (χ1n) is 7.93. The first-order chi connectivity index (χ1) is 12.5. The van der Waals surface area contributed by atoms with Gasteiger partial charge in [0, 0.05) is 5.56 Å². The lowest BCUT2D eigenvalue weighted by Gasteiger charge is -2.11. The third-order valence-electron chi connectivity index (χ3n) is 3.59. The number of aryl methyl sites for hydroxylation is 1. The Morgan fingerprint density at radius 2 is 1.92 bits per heavy atom. The van der Waals surface area contributed by atoms with Gasteiger partial charge in [0.2, 0.25) is 5.76 Å². The average molecular weight is 374 g/mol. The van der Waals surface area contributed by atoms with Gasteiger partial charge in [-0.25, -0.2) is 4.79 Å². The molecule has 0 amide bonds. The summed E-state index contributed by atoms with van der Waals surface area (Å²) in [7, 11) is 1.26. The minimum atomic E-state index is -0.651. The van der Waals surface area contributed by atoms with Crippen molar-refractivity contribution < 1.29 is 19.1 Å². The average Bonchev–Trinajstić information content (AvgIpc) is 2.67. The molecule has 0 radical (unpaired) electrons. The molecule has 0 aliphatic carbocycles. The molecule has 0 aromatic heterocycles. The summed E-state index contributed by atoms with van der Waals surface area (Å²) in [6.45, 7) is 4.08. The lowest BCUT2D eigenvalue weighted by atomic mass is 10.1. The largest absolute Gasteiger partial charge is 0.463 e. The molecule has 0 saturated heterocycles. The summed E-state index contributed by atoms with van der Waals surface area (Å²) < 4.78 is 10.2. The minimum absolute atomic E-state index is 0.0932. The Labute approximate surface area is 157 Å². The molecule has 0 fully saturated rings. The van der Waals surface area contributed by atoms with Gasteiger partial charge in [0.15, 0.2) is 0 Å². The van der Waals surface area contributed by atoms with E-state index in [1.165, 1.54) is 7.11 Å². The second-order valence-corrected chi connectivity index (χ2v) is 5.70. The highest BCUT2D eigenvalue weighted by Crippen LogP contribution is 2.23. The van der Waals surface area contributed by atoms with E-state index in [1.807, 2.05) is 56.3 Å². The fourth-order valence-electron chi connectivity index (χ4n) is 2.09. The van der Waals surface area contributed by atoms with Crippen molar-refractivity contribution in [2.75, 3.05) is 7.11 Å². The smallest absolute Gasteiger partial charge is 0.374 e. The molecule has 0 unspecified atom stereocenters. The van der Waals surface area contributed by atoms with Gasteiger partial charge in [-0.1, -0.05) is 59.2 Å². The topological polar surface area (TPSA) is 57.1 Å². The van der Waals surface area contributed by atoms with Gasteiger partial charge in [0.05, 0.1) is 18.4 Å². The molecule has 0 atom stereocenters. The molecule has 0 saturated carbocycles. The number of rotatable bonds is 7. The summed E-state index contributed by atoms with van der Waals surface area (Å²) in [6.07, 6.45) is 0. The van der Waals surface area contributed by atoms with Crippen LogP contribution in [0.5, 0.6) is 5.75 Å². The molecule has 26 heavy (non-hydrogen) atoms. The maximum atomic E-state index is 11.6. The highest BCUT2D eigenvalue weighted by Gasteiger charge is 2.14. The van der Waals surface area contributed by atoms with Crippen molar-refractivity contribution in [1.29, 1.82) is 0 Å². The van der Waals surface area contributed by atoms with Gasteiger partial charge in [-0.3, -0.25) is 0 Å². The van der Waals surface area contributed by atoms with Gasteiger partial charge in [0.25, 0.3) is 0 Å². The van der Waals surface area contributed by atoms with Crippen molar-refractivity contribution in [1.82, 2.24) is 0 Å². The monoisotopic (exact) mass is 373 g/mol. The van der Waals surface area contributed by atoms with E-state index in [0.717, 1.165) is 22.2 Å².